The lowest BCUT2D eigenvalue weighted by Crippen LogP contribution is -2.38. The van der Waals surface area contributed by atoms with E-state index in [-0.39, 0.29) is 17.1 Å². The number of hydrogen-bond donors (Lipinski definition) is 1. The number of aromatic nitrogens is 1. The Morgan fingerprint density at radius 3 is 2.97 bits per heavy atom. The van der Waals surface area contributed by atoms with Gasteiger partial charge in [0.25, 0.3) is 0 Å². The van der Waals surface area contributed by atoms with Crippen LogP contribution in [0.2, 0.25) is 5.02 Å². The Labute approximate surface area is 184 Å². The molecule has 0 spiro atoms. The number of unbranched alkanes of at least 4 members (excludes halogenated alkanes) is 1. The van der Waals surface area contributed by atoms with Gasteiger partial charge in [0.2, 0.25) is 5.91 Å². The van der Waals surface area contributed by atoms with Crippen LogP contribution >= 0.6 is 23.4 Å². The molecule has 1 amide bonds. The summed E-state index contributed by atoms with van der Waals surface area (Å²) in [5.74, 6) is 0.658. The molecule has 4 nitrogen and oxygen atoms in total. The highest BCUT2D eigenvalue weighted by atomic mass is 35.5. The molecule has 0 aliphatic carbocycles. The Bertz CT molecular complexity index is 1050. The molecule has 2 aromatic carbocycles. The fraction of sp³-hybridized carbons (Fsp3) is 0.304. The summed E-state index contributed by atoms with van der Waals surface area (Å²) in [4.78, 5) is 18.8. The zero-order valence-corrected chi connectivity index (χ0v) is 18.1. The van der Waals surface area contributed by atoms with E-state index in [0.29, 0.717) is 18.0 Å². The number of nitrogens with zero attached hydrogens (tertiary/aromatic N) is 2. The number of amides is 1. The van der Waals surface area contributed by atoms with Crippen molar-refractivity contribution in [2.45, 2.75) is 24.6 Å². The van der Waals surface area contributed by atoms with Crippen LogP contribution in [-0.4, -0.2) is 34.6 Å². The molecule has 0 saturated carbocycles. The second kappa shape index (κ2) is 9.67. The number of nitrogens with one attached hydrogen (secondary N) is 1. The first-order valence-electron chi connectivity index (χ1n) is 10.1. The molecular formula is C23H23ClFN3OS. The molecule has 2 heterocycles. The molecule has 7 heteroatoms. The van der Waals surface area contributed by atoms with Crippen molar-refractivity contribution in [2.24, 2.45) is 0 Å². The number of halogens is 2. The Morgan fingerprint density at radius 2 is 2.10 bits per heavy atom. The highest BCUT2D eigenvalue weighted by Crippen LogP contribution is 2.37. The summed E-state index contributed by atoms with van der Waals surface area (Å²) >= 11 is 7.76. The van der Waals surface area contributed by atoms with E-state index in [4.69, 9.17) is 11.6 Å². The van der Waals surface area contributed by atoms with E-state index in [9.17, 15) is 9.18 Å². The third-order valence-corrected chi connectivity index (χ3v) is 6.69. The zero-order chi connectivity index (χ0) is 20.9. The largest absolute Gasteiger partial charge is 0.384 e. The number of rotatable bonds is 7. The van der Waals surface area contributed by atoms with E-state index >= 15 is 0 Å². The average molecular weight is 444 g/mol. The Kier molecular flexibility index (Phi) is 6.75. The number of hydrogen-bond acceptors (Lipinski definition) is 4. The van der Waals surface area contributed by atoms with Crippen molar-refractivity contribution in [3.63, 3.8) is 0 Å². The molecule has 0 radical (unpaired) electrons. The second-order valence-corrected chi connectivity index (χ2v) is 8.89. The molecule has 1 aliphatic rings. The van der Waals surface area contributed by atoms with Gasteiger partial charge in [-0.2, -0.15) is 0 Å². The first kappa shape index (κ1) is 20.9. The predicted molar refractivity (Wildman–Crippen MR) is 122 cm³/mol. The second-order valence-electron chi connectivity index (χ2n) is 7.27. The van der Waals surface area contributed by atoms with Crippen LogP contribution < -0.4 is 5.32 Å². The number of anilines is 1. The SMILES string of the molecule is O=C1CCSC(c2cccc(F)c2)N1CCCCNc1ccnc2cc(Cl)ccc12. The minimum Gasteiger partial charge on any atom is -0.384 e. The highest BCUT2D eigenvalue weighted by molar-refractivity contribution is 7.99. The Morgan fingerprint density at radius 1 is 1.20 bits per heavy atom. The van der Waals surface area contributed by atoms with E-state index in [1.807, 2.05) is 35.2 Å². The molecule has 3 aromatic rings. The molecule has 1 aliphatic heterocycles. The predicted octanol–water partition coefficient (Wildman–Crippen LogP) is 5.88. The molecule has 1 fully saturated rings. The first-order chi connectivity index (χ1) is 14.6. The van der Waals surface area contributed by atoms with Gasteiger partial charge >= 0.3 is 0 Å². The summed E-state index contributed by atoms with van der Waals surface area (Å²) in [5.41, 5.74) is 2.74. The lowest BCUT2D eigenvalue weighted by Gasteiger charge is -2.35. The Hall–Kier alpha value is -2.31. The van der Waals surface area contributed by atoms with E-state index in [2.05, 4.69) is 10.3 Å². The standard InChI is InChI=1S/C23H23ClFN3OS/c24-17-6-7-19-20(8-11-27-21(19)15-17)26-10-1-2-12-28-22(29)9-13-30-23(28)16-4-3-5-18(25)14-16/h3-8,11,14-15,23H,1-2,9-10,12-13H2,(H,26,27). The average Bonchev–Trinajstić information content (AvgIpc) is 2.74. The van der Waals surface area contributed by atoms with Crippen LogP contribution in [-0.2, 0) is 4.79 Å². The maximum absolute atomic E-state index is 13.7. The molecule has 1 saturated heterocycles. The van der Waals surface area contributed by atoms with Crippen molar-refractivity contribution >= 4 is 45.9 Å². The van der Waals surface area contributed by atoms with E-state index in [0.717, 1.165) is 47.3 Å². The van der Waals surface area contributed by atoms with Crippen LogP contribution in [0.4, 0.5) is 10.1 Å². The maximum atomic E-state index is 13.7. The van der Waals surface area contributed by atoms with Crippen LogP contribution in [0, 0.1) is 5.82 Å². The van der Waals surface area contributed by atoms with Gasteiger partial charge < -0.3 is 10.2 Å². The number of pyridine rings is 1. The topological polar surface area (TPSA) is 45.2 Å². The normalized spacial score (nSPS) is 16.8. The number of thioether (sulfide) groups is 1. The molecule has 4 rings (SSSR count). The maximum Gasteiger partial charge on any atom is 0.224 e. The van der Waals surface area contributed by atoms with Crippen LogP contribution in [0.1, 0.15) is 30.2 Å². The summed E-state index contributed by atoms with van der Waals surface area (Å²) in [6.45, 7) is 1.46. The Balaban J connectivity index is 1.33. The van der Waals surface area contributed by atoms with Gasteiger partial charge in [-0.3, -0.25) is 9.78 Å². The number of carbonyl (C=O) groups excluding carboxylic acids is 1. The van der Waals surface area contributed by atoms with Crippen LogP contribution in [0.25, 0.3) is 10.9 Å². The molecule has 1 atom stereocenters. The molecule has 1 N–H and O–H groups in total. The van der Waals surface area contributed by atoms with Crippen molar-refractivity contribution in [3.05, 3.63) is 71.1 Å². The molecule has 1 aromatic heterocycles. The van der Waals surface area contributed by atoms with E-state index < -0.39 is 0 Å². The van der Waals surface area contributed by atoms with Gasteiger partial charge in [0.1, 0.15) is 11.2 Å². The fourth-order valence-corrected chi connectivity index (χ4v) is 5.13. The van der Waals surface area contributed by atoms with Gasteiger partial charge in [-0.25, -0.2) is 4.39 Å². The van der Waals surface area contributed by atoms with Gasteiger partial charge in [0, 0.05) is 47.6 Å². The smallest absolute Gasteiger partial charge is 0.224 e. The summed E-state index contributed by atoms with van der Waals surface area (Å²) < 4.78 is 13.7. The van der Waals surface area contributed by atoms with Crippen molar-refractivity contribution in [1.29, 1.82) is 0 Å². The summed E-state index contributed by atoms with van der Waals surface area (Å²) in [5, 5.41) is 5.07. The number of fused-ring (bicyclic) bond motifs is 1. The van der Waals surface area contributed by atoms with E-state index in [1.54, 1.807) is 24.0 Å². The molecule has 156 valence electrons. The minimum atomic E-state index is -0.263. The third kappa shape index (κ3) is 4.87. The zero-order valence-electron chi connectivity index (χ0n) is 16.5. The van der Waals surface area contributed by atoms with Gasteiger partial charge in [0.15, 0.2) is 0 Å². The summed E-state index contributed by atoms with van der Waals surface area (Å²) in [7, 11) is 0. The highest BCUT2D eigenvalue weighted by Gasteiger charge is 2.29. The quantitative estimate of drug-likeness (QED) is 0.463. The fourth-order valence-electron chi connectivity index (χ4n) is 3.71. The molecule has 0 bridgehead atoms. The number of benzene rings is 2. The molecular weight excluding hydrogens is 421 g/mol. The van der Waals surface area contributed by atoms with Crippen molar-refractivity contribution in [3.8, 4) is 0 Å². The molecule has 1 unspecified atom stereocenters. The number of carbonyl (C=O) groups is 1. The van der Waals surface area contributed by atoms with Gasteiger partial charge in [-0.05, 0) is 54.8 Å². The summed E-state index contributed by atoms with van der Waals surface area (Å²) in [6.07, 6.45) is 4.11. The third-order valence-electron chi connectivity index (χ3n) is 5.17. The van der Waals surface area contributed by atoms with Gasteiger partial charge in [-0.15, -0.1) is 11.8 Å². The van der Waals surface area contributed by atoms with Crippen molar-refractivity contribution in [2.75, 3.05) is 24.2 Å². The van der Waals surface area contributed by atoms with Gasteiger partial charge in [-0.1, -0.05) is 23.7 Å². The summed E-state index contributed by atoms with van der Waals surface area (Å²) in [6, 6.07) is 14.2. The monoisotopic (exact) mass is 443 g/mol. The molecule has 30 heavy (non-hydrogen) atoms. The minimum absolute atomic E-state index is 0.108. The van der Waals surface area contributed by atoms with Crippen molar-refractivity contribution in [1.82, 2.24) is 9.88 Å². The van der Waals surface area contributed by atoms with Gasteiger partial charge in [0.05, 0.1) is 5.52 Å². The lowest BCUT2D eigenvalue weighted by atomic mass is 10.1. The first-order valence-corrected chi connectivity index (χ1v) is 11.5. The van der Waals surface area contributed by atoms with Crippen LogP contribution in [0.15, 0.2) is 54.7 Å². The van der Waals surface area contributed by atoms with E-state index in [1.165, 1.54) is 12.1 Å². The van der Waals surface area contributed by atoms with Crippen molar-refractivity contribution < 1.29 is 9.18 Å². The van der Waals surface area contributed by atoms with Crippen LogP contribution in [0.3, 0.4) is 0 Å². The van der Waals surface area contributed by atoms with Crippen LogP contribution in [0.5, 0.6) is 0 Å². The lowest BCUT2D eigenvalue weighted by molar-refractivity contribution is -0.132.